The second kappa shape index (κ2) is 10.5. The molecule has 0 fully saturated rings. The van der Waals surface area contributed by atoms with Gasteiger partial charge in [0.1, 0.15) is 0 Å². The first-order valence-corrected chi connectivity index (χ1v) is 9.46. The van der Waals surface area contributed by atoms with Crippen molar-refractivity contribution in [2.24, 2.45) is 0 Å². The van der Waals surface area contributed by atoms with Gasteiger partial charge in [0, 0.05) is 5.56 Å². The van der Waals surface area contributed by atoms with Crippen molar-refractivity contribution in [3.8, 4) is 0 Å². The molecular weight excluding hydrogens is 314 g/mol. The molecule has 1 rings (SSSR count). The van der Waals surface area contributed by atoms with Gasteiger partial charge in [0.15, 0.2) is 0 Å². The number of amides is 1. The first-order chi connectivity index (χ1) is 12.0. The van der Waals surface area contributed by atoms with Crippen LogP contribution in [0.5, 0.6) is 0 Å². The maximum absolute atomic E-state index is 13.4. The van der Waals surface area contributed by atoms with Gasteiger partial charge in [-0.1, -0.05) is 45.9 Å². The summed E-state index contributed by atoms with van der Waals surface area (Å²) in [5, 5.41) is 9.64. The molecule has 2 atom stereocenters. The van der Waals surface area contributed by atoms with Crippen LogP contribution in [0.25, 0.3) is 0 Å². The van der Waals surface area contributed by atoms with Crippen molar-refractivity contribution >= 4 is 5.91 Å². The number of benzene rings is 1. The summed E-state index contributed by atoms with van der Waals surface area (Å²) in [5.74, 6) is -0.0246. The molecule has 2 unspecified atom stereocenters. The lowest BCUT2D eigenvalue weighted by atomic mass is 10.1. The molecule has 5 nitrogen and oxygen atoms in total. The number of nitrogens with zero attached hydrogens (tertiary/aromatic N) is 3. The Bertz CT molecular complexity index is 509. The molecule has 0 saturated heterocycles. The molecular formula is C20H35N3O2. The number of carbonyl (C=O) groups is 1. The van der Waals surface area contributed by atoms with Crippen molar-refractivity contribution in [2.75, 3.05) is 26.2 Å². The van der Waals surface area contributed by atoms with Crippen LogP contribution in [0.3, 0.4) is 0 Å². The molecule has 142 valence electrons. The maximum Gasteiger partial charge on any atom is 0.256 e. The third-order valence-corrected chi connectivity index (χ3v) is 5.14. The minimum Gasteiger partial charge on any atom is -0.392 e. The van der Waals surface area contributed by atoms with Gasteiger partial charge in [0.25, 0.3) is 5.91 Å². The van der Waals surface area contributed by atoms with E-state index in [1.54, 1.807) is 0 Å². The number of aliphatic hydroxyl groups excluding tert-OH is 1. The van der Waals surface area contributed by atoms with E-state index in [0.717, 1.165) is 26.2 Å². The quantitative estimate of drug-likeness (QED) is 0.660. The van der Waals surface area contributed by atoms with E-state index in [-0.39, 0.29) is 24.8 Å². The van der Waals surface area contributed by atoms with Crippen molar-refractivity contribution in [3.63, 3.8) is 0 Å². The molecule has 0 aliphatic heterocycles. The molecule has 0 spiro atoms. The number of hydrogen-bond acceptors (Lipinski definition) is 4. The lowest BCUT2D eigenvalue weighted by Gasteiger charge is -2.44. The Hall–Kier alpha value is -1.43. The second-order valence-electron chi connectivity index (χ2n) is 6.23. The van der Waals surface area contributed by atoms with E-state index < -0.39 is 0 Å². The Morgan fingerprint density at radius 1 is 0.920 bits per heavy atom. The summed E-state index contributed by atoms with van der Waals surface area (Å²) >= 11 is 0. The van der Waals surface area contributed by atoms with Gasteiger partial charge in [-0.3, -0.25) is 14.6 Å². The standard InChI is InChI=1S/C20H35N3O2/c1-7-21(8-2)16(5)23(17(6)22(9-3)10-4)20(25)19-14-12-11-13-18(19)15-24/h11-14,16-17,24H,7-10,15H2,1-6H3. The molecule has 0 bridgehead atoms. The molecule has 0 aliphatic rings. The average molecular weight is 350 g/mol. The third kappa shape index (κ3) is 5.03. The van der Waals surface area contributed by atoms with Crippen LogP contribution in [0.1, 0.15) is 57.5 Å². The van der Waals surface area contributed by atoms with E-state index in [1.807, 2.05) is 29.2 Å². The molecule has 5 heteroatoms. The van der Waals surface area contributed by atoms with Crippen LogP contribution in [-0.2, 0) is 6.61 Å². The van der Waals surface area contributed by atoms with Crippen molar-refractivity contribution in [1.29, 1.82) is 0 Å². The zero-order valence-corrected chi connectivity index (χ0v) is 16.7. The van der Waals surface area contributed by atoms with Gasteiger partial charge >= 0.3 is 0 Å². The van der Waals surface area contributed by atoms with Crippen LogP contribution in [-0.4, -0.2) is 64.2 Å². The van der Waals surface area contributed by atoms with E-state index in [0.29, 0.717) is 11.1 Å². The van der Waals surface area contributed by atoms with E-state index in [9.17, 15) is 9.90 Å². The fourth-order valence-electron chi connectivity index (χ4n) is 3.51. The first kappa shape index (κ1) is 21.6. The SMILES string of the molecule is CCN(CC)C(C)N(C(=O)c1ccccc1CO)C(C)N(CC)CC. The summed E-state index contributed by atoms with van der Waals surface area (Å²) in [6.45, 7) is 16.1. The average Bonchev–Trinajstić information content (AvgIpc) is 2.63. The van der Waals surface area contributed by atoms with Crippen molar-refractivity contribution in [2.45, 2.75) is 60.5 Å². The first-order valence-electron chi connectivity index (χ1n) is 9.46. The highest BCUT2D eigenvalue weighted by atomic mass is 16.3. The Morgan fingerprint density at radius 3 is 1.76 bits per heavy atom. The molecule has 0 radical (unpaired) electrons. The molecule has 1 aromatic carbocycles. The molecule has 25 heavy (non-hydrogen) atoms. The topological polar surface area (TPSA) is 47.0 Å². The Kier molecular flexibility index (Phi) is 9.11. The zero-order chi connectivity index (χ0) is 19.0. The highest BCUT2D eigenvalue weighted by Gasteiger charge is 2.32. The molecule has 0 saturated carbocycles. The summed E-state index contributed by atoms with van der Waals surface area (Å²) in [7, 11) is 0. The van der Waals surface area contributed by atoms with E-state index in [1.165, 1.54) is 0 Å². The van der Waals surface area contributed by atoms with Gasteiger partial charge in [-0.2, -0.15) is 0 Å². The van der Waals surface area contributed by atoms with Gasteiger partial charge < -0.3 is 10.0 Å². The molecule has 0 aromatic heterocycles. The van der Waals surface area contributed by atoms with Crippen LogP contribution in [0.15, 0.2) is 24.3 Å². The van der Waals surface area contributed by atoms with Crippen molar-refractivity contribution in [1.82, 2.24) is 14.7 Å². The lowest BCUT2D eigenvalue weighted by molar-refractivity contribution is -0.0146. The van der Waals surface area contributed by atoms with E-state index >= 15 is 0 Å². The smallest absolute Gasteiger partial charge is 0.256 e. The fourth-order valence-corrected chi connectivity index (χ4v) is 3.51. The van der Waals surface area contributed by atoms with E-state index in [4.69, 9.17) is 0 Å². The summed E-state index contributed by atoms with van der Waals surface area (Å²) in [6, 6.07) is 7.34. The Balaban J connectivity index is 3.31. The largest absolute Gasteiger partial charge is 0.392 e. The van der Waals surface area contributed by atoms with Crippen LogP contribution in [0.2, 0.25) is 0 Å². The number of hydrogen-bond donors (Lipinski definition) is 1. The van der Waals surface area contributed by atoms with Crippen molar-refractivity contribution in [3.05, 3.63) is 35.4 Å². The fraction of sp³-hybridized carbons (Fsp3) is 0.650. The van der Waals surface area contributed by atoms with Crippen LogP contribution >= 0.6 is 0 Å². The summed E-state index contributed by atoms with van der Waals surface area (Å²) in [4.78, 5) is 19.9. The van der Waals surface area contributed by atoms with E-state index in [2.05, 4.69) is 51.3 Å². The molecule has 1 aromatic rings. The normalized spacial score (nSPS) is 14.0. The van der Waals surface area contributed by atoms with Gasteiger partial charge in [-0.05, 0) is 51.7 Å². The monoisotopic (exact) mass is 349 g/mol. The van der Waals surface area contributed by atoms with Crippen LogP contribution < -0.4 is 0 Å². The van der Waals surface area contributed by atoms with Gasteiger partial charge in [0.2, 0.25) is 0 Å². The van der Waals surface area contributed by atoms with Crippen LogP contribution in [0, 0.1) is 0 Å². The molecule has 0 heterocycles. The predicted octanol–water partition coefficient (Wildman–Crippen LogP) is 3.00. The van der Waals surface area contributed by atoms with Gasteiger partial charge in [0.05, 0.1) is 18.9 Å². The van der Waals surface area contributed by atoms with Gasteiger partial charge in [-0.25, -0.2) is 0 Å². The Labute approximate surface area is 153 Å². The Morgan fingerprint density at radius 2 is 1.36 bits per heavy atom. The molecule has 1 N–H and O–H groups in total. The summed E-state index contributed by atoms with van der Waals surface area (Å²) in [5.41, 5.74) is 1.26. The minimum atomic E-state index is -0.130. The summed E-state index contributed by atoms with van der Waals surface area (Å²) in [6.07, 6.45) is -0.0466. The molecule has 1 amide bonds. The number of carbonyl (C=O) groups excluding carboxylic acids is 1. The second-order valence-corrected chi connectivity index (χ2v) is 6.23. The highest BCUT2D eigenvalue weighted by Crippen LogP contribution is 2.20. The predicted molar refractivity (Wildman–Crippen MR) is 103 cm³/mol. The lowest BCUT2D eigenvalue weighted by Crippen LogP contribution is -2.58. The zero-order valence-electron chi connectivity index (χ0n) is 16.7. The molecule has 0 aliphatic carbocycles. The maximum atomic E-state index is 13.4. The highest BCUT2D eigenvalue weighted by molar-refractivity contribution is 5.96. The minimum absolute atomic E-state index is 0.0233. The third-order valence-electron chi connectivity index (χ3n) is 5.14. The number of aliphatic hydroxyl groups is 1. The summed E-state index contributed by atoms with van der Waals surface area (Å²) < 4.78 is 0. The van der Waals surface area contributed by atoms with Gasteiger partial charge in [-0.15, -0.1) is 0 Å². The van der Waals surface area contributed by atoms with Crippen LogP contribution in [0.4, 0.5) is 0 Å². The number of rotatable bonds is 10. The van der Waals surface area contributed by atoms with Crippen molar-refractivity contribution < 1.29 is 9.90 Å².